The molecule has 0 aromatic heterocycles. The van der Waals surface area contributed by atoms with Crippen molar-refractivity contribution in [1.82, 2.24) is 0 Å². The van der Waals surface area contributed by atoms with Crippen LogP contribution in [0.4, 0.5) is 0 Å². The van der Waals surface area contributed by atoms with Crippen molar-refractivity contribution >= 4 is 0 Å². The van der Waals surface area contributed by atoms with E-state index in [0.29, 0.717) is 23.7 Å². The molecule has 4 aliphatic rings. The quantitative estimate of drug-likeness (QED) is 0.597. The molecule has 0 fully saturated rings. The largest absolute Gasteiger partial charge is 0.192 e. The van der Waals surface area contributed by atoms with Crippen LogP contribution >= 0.6 is 0 Å². The van der Waals surface area contributed by atoms with Gasteiger partial charge in [-0.3, -0.25) is 0 Å². The van der Waals surface area contributed by atoms with Crippen LogP contribution in [-0.2, 0) is 0 Å². The zero-order chi connectivity index (χ0) is 10.7. The third-order valence-corrected chi connectivity index (χ3v) is 4.31. The topological polar surface area (TPSA) is 23.8 Å². The SMILES string of the molecule is N#Cc1cccc2c1[C@H]1C=C[C@@H]2[C@H]2C=C[C@@H]21. The first-order valence-electron chi connectivity index (χ1n) is 5.79. The van der Waals surface area contributed by atoms with Crippen molar-refractivity contribution in [1.29, 1.82) is 5.26 Å². The summed E-state index contributed by atoms with van der Waals surface area (Å²) in [7, 11) is 0. The minimum atomic E-state index is 0.450. The van der Waals surface area contributed by atoms with Crippen molar-refractivity contribution in [2.75, 3.05) is 0 Å². The van der Waals surface area contributed by atoms with Crippen LogP contribution in [0.3, 0.4) is 0 Å². The molecule has 5 rings (SSSR count). The van der Waals surface area contributed by atoms with Crippen molar-refractivity contribution < 1.29 is 0 Å². The van der Waals surface area contributed by atoms with E-state index in [0.717, 1.165) is 5.56 Å². The molecule has 16 heavy (non-hydrogen) atoms. The fourth-order valence-corrected chi connectivity index (χ4v) is 3.52. The second-order valence-electron chi connectivity index (χ2n) is 4.90. The minimum Gasteiger partial charge on any atom is -0.192 e. The third-order valence-electron chi connectivity index (χ3n) is 4.31. The van der Waals surface area contributed by atoms with Gasteiger partial charge < -0.3 is 0 Å². The molecule has 4 aliphatic carbocycles. The summed E-state index contributed by atoms with van der Waals surface area (Å²) in [5, 5.41) is 9.20. The van der Waals surface area contributed by atoms with Crippen LogP contribution in [0.15, 0.2) is 42.5 Å². The van der Waals surface area contributed by atoms with Crippen LogP contribution in [0.2, 0.25) is 0 Å². The maximum Gasteiger partial charge on any atom is 0.0994 e. The smallest absolute Gasteiger partial charge is 0.0994 e. The molecule has 2 bridgehead atoms. The van der Waals surface area contributed by atoms with Gasteiger partial charge in [-0.1, -0.05) is 36.4 Å². The van der Waals surface area contributed by atoms with Gasteiger partial charge in [0.05, 0.1) is 11.6 Å². The van der Waals surface area contributed by atoms with E-state index in [1.54, 1.807) is 0 Å². The fourth-order valence-electron chi connectivity index (χ4n) is 3.52. The van der Waals surface area contributed by atoms with Gasteiger partial charge >= 0.3 is 0 Å². The highest BCUT2D eigenvalue weighted by Gasteiger charge is 2.45. The lowest BCUT2D eigenvalue weighted by Gasteiger charge is -2.48. The molecule has 1 heteroatoms. The summed E-state index contributed by atoms with van der Waals surface area (Å²) in [5.74, 6) is 2.31. The minimum absolute atomic E-state index is 0.450. The lowest BCUT2D eigenvalue weighted by Crippen LogP contribution is -2.38. The Balaban J connectivity index is 2.02. The van der Waals surface area contributed by atoms with E-state index < -0.39 is 0 Å². The number of hydrogen-bond donors (Lipinski definition) is 0. The van der Waals surface area contributed by atoms with E-state index in [1.165, 1.54) is 11.1 Å². The second-order valence-corrected chi connectivity index (χ2v) is 4.90. The molecule has 0 heterocycles. The number of allylic oxidation sites excluding steroid dienone is 4. The predicted octanol–water partition coefficient (Wildman–Crippen LogP) is 3.11. The summed E-state index contributed by atoms with van der Waals surface area (Å²) >= 11 is 0. The first-order valence-corrected chi connectivity index (χ1v) is 5.79. The normalized spacial score (nSPS) is 36.2. The zero-order valence-electron chi connectivity index (χ0n) is 8.80. The maximum atomic E-state index is 9.20. The zero-order valence-corrected chi connectivity index (χ0v) is 8.80. The molecule has 0 radical (unpaired) electrons. The Morgan fingerprint density at radius 2 is 1.69 bits per heavy atom. The van der Waals surface area contributed by atoms with Crippen LogP contribution in [0.1, 0.15) is 28.5 Å². The molecule has 76 valence electrons. The van der Waals surface area contributed by atoms with E-state index in [4.69, 9.17) is 0 Å². The predicted molar refractivity (Wildman–Crippen MR) is 61.9 cm³/mol. The van der Waals surface area contributed by atoms with Gasteiger partial charge in [0.15, 0.2) is 0 Å². The van der Waals surface area contributed by atoms with Gasteiger partial charge in [-0.2, -0.15) is 5.26 Å². The first kappa shape index (κ1) is 8.35. The molecule has 1 aromatic rings. The van der Waals surface area contributed by atoms with Crippen LogP contribution in [0.25, 0.3) is 0 Å². The van der Waals surface area contributed by atoms with Crippen LogP contribution in [0, 0.1) is 23.2 Å². The summed E-state index contributed by atoms with van der Waals surface area (Å²) in [6.07, 6.45) is 9.27. The van der Waals surface area contributed by atoms with Gasteiger partial charge in [-0.25, -0.2) is 0 Å². The molecule has 0 saturated carbocycles. The highest BCUT2D eigenvalue weighted by Crippen LogP contribution is 2.57. The Hall–Kier alpha value is -1.81. The van der Waals surface area contributed by atoms with Crippen LogP contribution in [-0.4, -0.2) is 0 Å². The van der Waals surface area contributed by atoms with E-state index in [1.807, 2.05) is 12.1 Å². The van der Waals surface area contributed by atoms with Gasteiger partial charge in [-0.15, -0.1) is 0 Å². The number of nitrogens with zero attached hydrogens (tertiary/aromatic N) is 1. The van der Waals surface area contributed by atoms with Gasteiger partial charge in [0.25, 0.3) is 0 Å². The Labute approximate surface area is 94.7 Å². The molecule has 0 spiro atoms. The van der Waals surface area contributed by atoms with Gasteiger partial charge in [0.1, 0.15) is 0 Å². The lowest BCUT2D eigenvalue weighted by molar-refractivity contribution is 0.316. The van der Waals surface area contributed by atoms with Crippen molar-refractivity contribution in [3.8, 4) is 6.07 Å². The highest BCUT2D eigenvalue weighted by atomic mass is 14.5. The molecule has 4 atom stereocenters. The van der Waals surface area contributed by atoms with E-state index in [-0.39, 0.29) is 0 Å². The Bertz CT molecular complexity index is 574. The van der Waals surface area contributed by atoms with Crippen molar-refractivity contribution in [2.24, 2.45) is 11.8 Å². The number of nitriles is 1. The van der Waals surface area contributed by atoms with Gasteiger partial charge in [0.2, 0.25) is 0 Å². The third kappa shape index (κ3) is 0.782. The Morgan fingerprint density at radius 1 is 0.938 bits per heavy atom. The van der Waals surface area contributed by atoms with Crippen LogP contribution < -0.4 is 0 Å². The fraction of sp³-hybridized carbons (Fsp3) is 0.267. The summed E-state index contributed by atoms with van der Waals surface area (Å²) in [6.45, 7) is 0. The molecule has 1 aromatic carbocycles. The van der Waals surface area contributed by atoms with Crippen LogP contribution in [0.5, 0.6) is 0 Å². The second kappa shape index (κ2) is 2.65. The average Bonchev–Trinajstić information content (AvgIpc) is 2.28. The Morgan fingerprint density at radius 3 is 2.44 bits per heavy atom. The first-order chi connectivity index (χ1) is 7.90. The Kier molecular flexibility index (Phi) is 1.38. The standard InChI is InChI=1S/C15H11N/c16-8-9-2-1-3-13-11-6-7-14(15(9)13)12-5-4-10(11)12/h1-7,10-12,14H/t10-,11-,12+,14+/m1/s1. The van der Waals surface area contributed by atoms with E-state index in [2.05, 4.69) is 36.4 Å². The number of rotatable bonds is 0. The molecular weight excluding hydrogens is 194 g/mol. The molecule has 1 nitrogen and oxygen atoms in total. The van der Waals surface area contributed by atoms with Crippen molar-refractivity contribution in [3.05, 3.63) is 59.2 Å². The molecule has 0 N–H and O–H groups in total. The average molecular weight is 205 g/mol. The lowest BCUT2D eigenvalue weighted by atomic mass is 9.55. The molecular formula is C15H11N. The summed E-state index contributed by atoms with van der Waals surface area (Å²) in [5.41, 5.74) is 3.55. The summed E-state index contributed by atoms with van der Waals surface area (Å²) < 4.78 is 0. The monoisotopic (exact) mass is 205 g/mol. The molecule has 0 aliphatic heterocycles. The van der Waals surface area contributed by atoms with E-state index in [9.17, 15) is 5.26 Å². The van der Waals surface area contributed by atoms with Crippen molar-refractivity contribution in [3.63, 3.8) is 0 Å². The van der Waals surface area contributed by atoms with E-state index >= 15 is 0 Å². The molecule has 0 saturated heterocycles. The maximum absolute atomic E-state index is 9.20. The van der Waals surface area contributed by atoms with Gasteiger partial charge in [-0.05, 0) is 29.0 Å². The highest BCUT2D eigenvalue weighted by molar-refractivity contribution is 5.56. The summed E-state index contributed by atoms with van der Waals surface area (Å²) in [4.78, 5) is 0. The summed E-state index contributed by atoms with van der Waals surface area (Å²) in [6, 6.07) is 8.50. The number of hydrogen-bond acceptors (Lipinski definition) is 1. The number of benzene rings is 1. The van der Waals surface area contributed by atoms with Gasteiger partial charge in [0, 0.05) is 11.8 Å². The molecule has 0 amide bonds. The molecule has 0 unspecified atom stereocenters. The van der Waals surface area contributed by atoms with Crippen molar-refractivity contribution in [2.45, 2.75) is 11.8 Å².